The second kappa shape index (κ2) is 8.29. The van der Waals surface area contributed by atoms with Crippen LogP contribution >= 0.6 is 0 Å². The second-order valence-corrected chi connectivity index (χ2v) is 2.85. The Kier molecular flexibility index (Phi) is 7.50. The van der Waals surface area contributed by atoms with E-state index in [9.17, 15) is 9.59 Å². The van der Waals surface area contributed by atoms with E-state index in [1.807, 2.05) is 6.92 Å². The van der Waals surface area contributed by atoms with Gasteiger partial charge >= 0.3 is 11.9 Å². The predicted molar refractivity (Wildman–Crippen MR) is 51.9 cm³/mol. The fourth-order valence-electron chi connectivity index (χ4n) is 0.753. The molecule has 14 heavy (non-hydrogen) atoms. The molecule has 80 valence electrons. The van der Waals surface area contributed by atoms with Crippen LogP contribution in [0.3, 0.4) is 0 Å². The lowest BCUT2D eigenvalue weighted by Crippen LogP contribution is -2.04. The van der Waals surface area contributed by atoms with Gasteiger partial charge in [0.2, 0.25) is 0 Å². The fraction of sp³-hybridized carbons (Fsp3) is 0.600. The summed E-state index contributed by atoms with van der Waals surface area (Å²) in [6.07, 6.45) is 4.91. The molecular weight excluding hydrogens is 184 g/mol. The maximum absolute atomic E-state index is 10.9. The third kappa shape index (κ3) is 8.77. The molecule has 0 aliphatic carbocycles. The van der Waals surface area contributed by atoms with Crippen molar-refractivity contribution >= 4 is 11.9 Å². The molecule has 0 aromatic carbocycles. The monoisotopic (exact) mass is 200 g/mol. The van der Waals surface area contributed by atoms with Crippen LogP contribution in [0.2, 0.25) is 0 Å². The minimum atomic E-state index is -0.902. The normalized spacial score (nSPS) is 10.4. The van der Waals surface area contributed by atoms with Crippen molar-refractivity contribution in [2.24, 2.45) is 0 Å². The van der Waals surface area contributed by atoms with Gasteiger partial charge in [-0.3, -0.25) is 9.59 Å². The van der Waals surface area contributed by atoms with Gasteiger partial charge in [-0.05, 0) is 6.42 Å². The molecule has 0 unspecified atom stereocenters. The van der Waals surface area contributed by atoms with E-state index >= 15 is 0 Å². The lowest BCUT2D eigenvalue weighted by Gasteiger charge is -2.00. The van der Waals surface area contributed by atoms with E-state index in [0.29, 0.717) is 6.61 Å². The molecule has 0 heterocycles. The van der Waals surface area contributed by atoms with Crippen LogP contribution in [0.5, 0.6) is 0 Å². The summed E-state index contributed by atoms with van der Waals surface area (Å²) in [6.45, 7) is 2.46. The summed E-state index contributed by atoms with van der Waals surface area (Å²) in [5.74, 6) is -1.21. The van der Waals surface area contributed by atoms with Crippen LogP contribution < -0.4 is 0 Å². The number of ether oxygens (including phenoxy) is 1. The number of hydrogen-bond donors (Lipinski definition) is 1. The molecule has 0 saturated heterocycles. The maximum atomic E-state index is 10.9. The Morgan fingerprint density at radius 3 is 2.50 bits per heavy atom. The van der Waals surface area contributed by atoms with Gasteiger partial charge < -0.3 is 9.84 Å². The highest BCUT2D eigenvalue weighted by Gasteiger charge is 1.98. The number of rotatable bonds is 7. The number of carbonyl (C=O) groups is 2. The van der Waals surface area contributed by atoms with E-state index in [4.69, 9.17) is 9.84 Å². The van der Waals surface area contributed by atoms with Crippen LogP contribution in [0.4, 0.5) is 0 Å². The Morgan fingerprint density at radius 1 is 1.29 bits per heavy atom. The average molecular weight is 200 g/mol. The maximum Gasteiger partial charge on any atom is 0.309 e. The lowest BCUT2D eigenvalue weighted by atomic mass is 10.3. The minimum absolute atomic E-state index is 0.0533. The molecule has 0 aromatic rings. The molecular formula is C10H16O4. The van der Waals surface area contributed by atoms with Gasteiger partial charge in [0, 0.05) is 0 Å². The number of hydrogen-bond acceptors (Lipinski definition) is 3. The van der Waals surface area contributed by atoms with Crippen molar-refractivity contribution in [1.82, 2.24) is 0 Å². The standard InChI is InChI=1S/C10H16O4/c1-2-3-8-14-10(13)7-5-4-6-9(11)12/h4-5H,2-3,6-8H2,1H3,(H,11,12). The molecule has 4 heteroatoms. The van der Waals surface area contributed by atoms with E-state index in [1.54, 1.807) is 0 Å². The summed E-state index contributed by atoms with van der Waals surface area (Å²) in [7, 11) is 0. The average Bonchev–Trinajstić information content (AvgIpc) is 2.13. The summed E-state index contributed by atoms with van der Waals surface area (Å²) in [4.78, 5) is 21.0. The van der Waals surface area contributed by atoms with E-state index in [2.05, 4.69) is 0 Å². The molecule has 0 saturated carbocycles. The predicted octanol–water partition coefficient (Wildman–Crippen LogP) is 1.75. The minimum Gasteiger partial charge on any atom is -0.481 e. The Balaban J connectivity index is 3.43. The molecule has 0 rings (SSSR count). The van der Waals surface area contributed by atoms with E-state index in [-0.39, 0.29) is 18.8 Å². The van der Waals surface area contributed by atoms with Crippen LogP contribution in [-0.2, 0) is 14.3 Å². The quantitative estimate of drug-likeness (QED) is 0.386. The summed E-state index contributed by atoms with van der Waals surface area (Å²) >= 11 is 0. The Labute approximate surface area is 83.6 Å². The van der Waals surface area contributed by atoms with Gasteiger partial charge in [-0.2, -0.15) is 0 Å². The van der Waals surface area contributed by atoms with Crippen molar-refractivity contribution in [2.45, 2.75) is 32.6 Å². The number of carboxylic acids is 1. The van der Waals surface area contributed by atoms with Crippen molar-refractivity contribution in [3.8, 4) is 0 Å². The number of carbonyl (C=O) groups excluding carboxylic acids is 1. The first-order valence-electron chi connectivity index (χ1n) is 4.69. The van der Waals surface area contributed by atoms with Crippen LogP contribution in [0.15, 0.2) is 12.2 Å². The molecule has 0 atom stereocenters. The molecule has 0 radical (unpaired) electrons. The van der Waals surface area contributed by atoms with Crippen molar-refractivity contribution in [2.75, 3.05) is 6.61 Å². The summed E-state index contributed by atoms with van der Waals surface area (Å²) < 4.78 is 4.85. The second-order valence-electron chi connectivity index (χ2n) is 2.85. The fourth-order valence-corrected chi connectivity index (χ4v) is 0.753. The van der Waals surface area contributed by atoms with Gasteiger partial charge in [-0.1, -0.05) is 25.5 Å². The van der Waals surface area contributed by atoms with Crippen LogP contribution in [-0.4, -0.2) is 23.7 Å². The highest BCUT2D eigenvalue weighted by molar-refractivity contribution is 5.72. The molecule has 0 aromatic heterocycles. The van der Waals surface area contributed by atoms with Gasteiger partial charge in [0.25, 0.3) is 0 Å². The van der Waals surface area contributed by atoms with E-state index < -0.39 is 5.97 Å². The number of aliphatic carboxylic acids is 1. The van der Waals surface area contributed by atoms with Crippen LogP contribution in [0, 0.1) is 0 Å². The zero-order valence-corrected chi connectivity index (χ0v) is 8.36. The third-order valence-corrected chi connectivity index (χ3v) is 1.50. The van der Waals surface area contributed by atoms with Crippen molar-refractivity contribution in [3.05, 3.63) is 12.2 Å². The van der Waals surface area contributed by atoms with Gasteiger partial charge in [0.15, 0.2) is 0 Å². The Morgan fingerprint density at radius 2 is 1.93 bits per heavy atom. The van der Waals surface area contributed by atoms with E-state index in [0.717, 1.165) is 12.8 Å². The highest BCUT2D eigenvalue weighted by Crippen LogP contribution is 1.94. The molecule has 0 fully saturated rings. The topological polar surface area (TPSA) is 63.6 Å². The first kappa shape index (κ1) is 12.7. The Hall–Kier alpha value is -1.32. The number of carboxylic acid groups (broad SMARTS) is 1. The summed E-state index contributed by atoms with van der Waals surface area (Å²) in [5, 5.41) is 8.28. The lowest BCUT2D eigenvalue weighted by molar-refractivity contribution is -0.142. The molecule has 0 aliphatic heterocycles. The van der Waals surface area contributed by atoms with Crippen LogP contribution in [0.1, 0.15) is 32.6 Å². The zero-order valence-electron chi connectivity index (χ0n) is 8.36. The first-order valence-corrected chi connectivity index (χ1v) is 4.69. The molecule has 0 spiro atoms. The van der Waals surface area contributed by atoms with Crippen molar-refractivity contribution in [1.29, 1.82) is 0 Å². The van der Waals surface area contributed by atoms with Crippen molar-refractivity contribution < 1.29 is 19.4 Å². The Bertz CT molecular complexity index is 208. The highest BCUT2D eigenvalue weighted by atomic mass is 16.5. The zero-order chi connectivity index (χ0) is 10.8. The van der Waals surface area contributed by atoms with Gasteiger partial charge in [0.05, 0.1) is 19.4 Å². The van der Waals surface area contributed by atoms with Gasteiger partial charge in [0.1, 0.15) is 0 Å². The third-order valence-electron chi connectivity index (χ3n) is 1.50. The summed E-state index contributed by atoms with van der Waals surface area (Å²) in [5.41, 5.74) is 0. The SMILES string of the molecule is CCCCOC(=O)CC=CCC(=O)O. The molecule has 4 nitrogen and oxygen atoms in total. The summed E-state index contributed by atoms with van der Waals surface area (Å²) in [6, 6.07) is 0. The molecule has 0 bridgehead atoms. The van der Waals surface area contributed by atoms with Gasteiger partial charge in [-0.25, -0.2) is 0 Å². The number of unbranched alkanes of at least 4 members (excludes halogenated alkanes) is 1. The van der Waals surface area contributed by atoms with Gasteiger partial charge in [-0.15, -0.1) is 0 Å². The molecule has 0 aliphatic rings. The van der Waals surface area contributed by atoms with Crippen LogP contribution in [0.25, 0.3) is 0 Å². The first-order chi connectivity index (χ1) is 6.66. The largest absolute Gasteiger partial charge is 0.481 e. The number of esters is 1. The van der Waals surface area contributed by atoms with E-state index in [1.165, 1.54) is 12.2 Å². The smallest absolute Gasteiger partial charge is 0.309 e. The van der Waals surface area contributed by atoms with Crippen molar-refractivity contribution in [3.63, 3.8) is 0 Å². The molecule has 0 amide bonds. The molecule has 1 N–H and O–H groups in total.